The molecule has 0 radical (unpaired) electrons. The third-order valence-corrected chi connectivity index (χ3v) is 5.66. The minimum absolute atomic E-state index is 0.0376. The zero-order valence-corrected chi connectivity index (χ0v) is 19.7. The smallest absolute Gasteiger partial charge is 0.396 e. The second kappa shape index (κ2) is 11.0. The molecule has 1 aliphatic rings. The maximum absolute atomic E-state index is 13.4. The first-order valence-corrected chi connectivity index (χ1v) is 11.2. The van der Waals surface area contributed by atoms with Gasteiger partial charge in [-0.15, -0.1) is 0 Å². The van der Waals surface area contributed by atoms with Crippen LogP contribution in [0.25, 0.3) is 0 Å². The largest absolute Gasteiger partial charge is 0.416 e. The summed E-state index contributed by atoms with van der Waals surface area (Å²) in [6.07, 6.45) is -9.94. The fourth-order valence-corrected chi connectivity index (χ4v) is 3.92. The molecule has 0 bridgehead atoms. The highest BCUT2D eigenvalue weighted by molar-refractivity contribution is 5.96. The van der Waals surface area contributed by atoms with E-state index >= 15 is 0 Å². The lowest BCUT2D eigenvalue weighted by Gasteiger charge is -2.28. The van der Waals surface area contributed by atoms with E-state index in [1.165, 1.54) is 0 Å². The molecule has 0 aliphatic carbocycles. The van der Waals surface area contributed by atoms with Crippen molar-refractivity contribution in [3.63, 3.8) is 0 Å². The van der Waals surface area contributed by atoms with Gasteiger partial charge in [-0.25, -0.2) is 9.97 Å². The molecule has 7 nitrogen and oxygen atoms in total. The molecule has 36 heavy (non-hydrogen) atoms. The van der Waals surface area contributed by atoms with Crippen molar-refractivity contribution in [2.75, 3.05) is 44.4 Å². The molecule has 198 valence electrons. The Labute approximate surface area is 203 Å². The predicted molar refractivity (Wildman–Crippen MR) is 117 cm³/mol. The molecular formula is C23H26F6N4O3. The fraction of sp³-hybridized carbons (Fsp3) is 0.522. The number of nitrogens with zero attached hydrogens (tertiary/aromatic N) is 4. The number of halogens is 6. The van der Waals surface area contributed by atoms with Crippen LogP contribution >= 0.6 is 0 Å². The van der Waals surface area contributed by atoms with Crippen LogP contribution in [0.3, 0.4) is 0 Å². The Morgan fingerprint density at radius 1 is 1.00 bits per heavy atom. The van der Waals surface area contributed by atoms with Crippen LogP contribution in [-0.4, -0.2) is 65.3 Å². The van der Waals surface area contributed by atoms with Gasteiger partial charge in [0.2, 0.25) is 5.95 Å². The average Bonchev–Trinajstić information content (AvgIpc) is 2.80. The molecule has 1 aromatic carbocycles. The van der Waals surface area contributed by atoms with Crippen molar-refractivity contribution in [2.45, 2.75) is 39.2 Å². The Bertz CT molecular complexity index is 1030. The second-order valence-corrected chi connectivity index (χ2v) is 8.39. The topological polar surface area (TPSA) is 78.8 Å². The zero-order valence-electron chi connectivity index (χ0n) is 19.7. The van der Waals surface area contributed by atoms with Crippen LogP contribution in [0.1, 0.15) is 44.9 Å². The van der Waals surface area contributed by atoms with Gasteiger partial charge in [0.1, 0.15) is 0 Å². The number of ether oxygens (including phenoxy) is 1. The zero-order chi connectivity index (χ0) is 26.7. The summed E-state index contributed by atoms with van der Waals surface area (Å²) in [4.78, 5) is 25.2. The predicted octanol–water partition coefficient (Wildman–Crippen LogP) is 3.99. The lowest BCUT2D eigenvalue weighted by Crippen LogP contribution is -2.38. The SMILES string of the molecule is Cc1nc(N2CCOCC2)nc(C)c1C(=O)N(CCCO)Cc1cc(C(F)(F)F)cc(C(F)(F)F)c1. The molecule has 1 saturated heterocycles. The van der Waals surface area contributed by atoms with E-state index in [1.54, 1.807) is 13.8 Å². The number of morpholine rings is 1. The molecular weight excluding hydrogens is 494 g/mol. The summed E-state index contributed by atoms with van der Waals surface area (Å²) in [5, 5.41) is 9.25. The van der Waals surface area contributed by atoms with E-state index in [9.17, 15) is 36.2 Å². The Hall–Kier alpha value is -2.93. The number of hydrogen-bond donors (Lipinski definition) is 1. The highest BCUT2D eigenvalue weighted by Gasteiger charge is 2.37. The average molecular weight is 520 g/mol. The Morgan fingerprint density at radius 3 is 2.00 bits per heavy atom. The molecule has 0 unspecified atom stereocenters. The van der Waals surface area contributed by atoms with Crippen LogP contribution in [0.4, 0.5) is 32.3 Å². The second-order valence-electron chi connectivity index (χ2n) is 8.39. The summed E-state index contributed by atoms with van der Waals surface area (Å²) in [5.41, 5.74) is -2.52. The van der Waals surface area contributed by atoms with E-state index in [0.717, 1.165) is 4.90 Å². The Kier molecular flexibility index (Phi) is 8.44. The monoisotopic (exact) mass is 520 g/mol. The normalized spacial score (nSPS) is 14.8. The number of alkyl halides is 6. The highest BCUT2D eigenvalue weighted by Crippen LogP contribution is 2.36. The number of carbonyl (C=O) groups is 1. The molecule has 0 saturated carbocycles. The van der Waals surface area contributed by atoms with E-state index in [4.69, 9.17) is 4.74 Å². The first kappa shape index (κ1) is 27.7. The molecule has 0 atom stereocenters. The van der Waals surface area contributed by atoms with E-state index in [-0.39, 0.29) is 36.8 Å². The first-order valence-electron chi connectivity index (χ1n) is 11.2. The van der Waals surface area contributed by atoms with Gasteiger partial charge in [-0.1, -0.05) is 0 Å². The molecule has 13 heteroatoms. The van der Waals surface area contributed by atoms with Gasteiger partial charge in [-0.05, 0) is 44.0 Å². The van der Waals surface area contributed by atoms with Crippen LogP contribution in [0.15, 0.2) is 18.2 Å². The number of aryl methyl sites for hydroxylation is 2. The van der Waals surface area contributed by atoms with Gasteiger partial charge >= 0.3 is 12.4 Å². The van der Waals surface area contributed by atoms with E-state index < -0.39 is 35.9 Å². The van der Waals surface area contributed by atoms with Crippen molar-refractivity contribution in [1.29, 1.82) is 0 Å². The van der Waals surface area contributed by atoms with Crippen molar-refractivity contribution in [3.8, 4) is 0 Å². The molecule has 1 fully saturated rings. The van der Waals surface area contributed by atoms with Gasteiger partial charge < -0.3 is 19.6 Å². The Balaban J connectivity index is 1.96. The van der Waals surface area contributed by atoms with Crippen molar-refractivity contribution in [1.82, 2.24) is 14.9 Å². The third-order valence-electron chi connectivity index (χ3n) is 5.66. The molecule has 2 heterocycles. The summed E-state index contributed by atoms with van der Waals surface area (Å²) in [6, 6.07) is 1.22. The lowest BCUT2D eigenvalue weighted by atomic mass is 10.0. The van der Waals surface area contributed by atoms with E-state index in [0.29, 0.717) is 55.8 Å². The van der Waals surface area contributed by atoms with Crippen LogP contribution in [0.2, 0.25) is 0 Å². The summed E-state index contributed by atoms with van der Waals surface area (Å²) >= 11 is 0. The van der Waals surface area contributed by atoms with Crippen molar-refractivity contribution in [3.05, 3.63) is 51.8 Å². The van der Waals surface area contributed by atoms with Crippen LogP contribution < -0.4 is 4.90 Å². The number of aliphatic hydroxyl groups excluding tert-OH is 1. The minimum Gasteiger partial charge on any atom is -0.396 e. The van der Waals surface area contributed by atoms with Crippen molar-refractivity contribution >= 4 is 11.9 Å². The summed E-state index contributed by atoms with van der Waals surface area (Å²) in [5.74, 6) is -0.252. The highest BCUT2D eigenvalue weighted by atomic mass is 19.4. The number of aromatic nitrogens is 2. The van der Waals surface area contributed by atoms with Gasteiger partial charge in [0.15, 0.2) is 0 Å². The molecule has 0 spiro atoms. The van der Waals surface area contributed by atoms with Crippen molar-refractivity contribution in [2.24, 2.45) is 0 Å². The number of benzene rings is 1. The quantitative estimate of drug-likeness (QED) is 0.557. The van der Waals surface area contributed by atoms with E-state index in [1.807, 2.05) is 4.90 Å². The molecule has 3 rings (SSSR count). The van der Waals surface area contributed by atoms with Crippen molar-refractivity contribution < 1.29 is 41.0 Å². The molecule has 1 aliphatic heterocycles. The number of aliphatic hydroxyl groups is 1. The standard InChI is InChI=1S/C23H26F6N4O3/c1-14-19(15(2)31-21(30-14)32-5-8-36-9-6-32)20(35)33(4-3-7-34)13-16-10-17(22(24,25)26)12-18(11-16)23(27,28)29/h10-12,34H,3-9,13H2,1-2H3. The number of carbonyl (C=O) groups excluding carboxylic acids is 1. The van der Waals surface area contributed by atoms with Gasteiger partial charge in [0.05, 0.1) is 41.3 Å². The fourth-order valence-electron chi connectivity index (χ4n) is 3.92. The number of rotatable bonds is 7. The van der Waals surface area contributed by atoms with Crippen LogP contribution in [0.5, 0.6) is 0 Å². The lowest BCUT2D eigenvalue weighted by molar-refractivity contribution is -0.143. The number of hydrogen-bond acceptors (Lipinski definition) is 6. The summed E-state index contributed by atoms with van der Waals surface area (Å²) in [7, 11) is 0. The van der Waals surface area contributed by atoms with Gasteiger partial charge in [0, 0.05) is 32.8 Å². The first-order chi connectivity index (χ1) is 16.8. The third kappa shape index (κ3) is 6.64. The molecule has 1 amide bonds. The van der Waals surface area contributed by atoms with Crippen LogP contribution in [-0.2, 0) is 23.6 Å². The van der Waals surface area contributed by atoms with Gasteiger partial charge in [-0.3, -0.25) is 4.79 Å². The molecule has 2 aromatic rings. The van der Waals surface area contributed by atoms with E-state index in [2.05, 4.69) is 9.97 Å². The van der Waals surface area contributed by atoms with Gasteiger partial charge in [-0.2, -0.15) is 26.3 Å². The minimum atomic E-state index is -5.01. The van der Waals surface area contributed by atoms with Crippen LogP contribution in [0, 0.1) is 13.8 Å². The maximum atomic E-state index is 13.4. The number of amides is 1. The molecule has 1 N–H and O–H groups in total. The maximum Gasteiger partial charge on any atom is 0.416 e. The summed E-state index contributed by atoms with van der Waals surface area (Å²) < 4.78 is 85.0. The van der Waals surface area contributed by atoms with Gasteiger partial charge in [0.25, 0.3) is 5.91 Å². The molecule has 1 aromatic heterocycles. The summed E-state index contributed by atoms with van der Waals surface area (Å²) in [6.45, 7) is 4.32. The number of anilines is 1. The Morgan fingerprint density at radius 2 is 1.53 bits per heavy atom.